The van der Waals surface area contributed by atoms with E-state index in [9.17, 15) is 4.79 Å². The predicted octanol–water partition coefficient (Wildman–Crippen LogP) is 3.55. The summed E-state index contributed by atoms with van der Waals surface area (Å²) in [6.45, 7) is 0.111. The maximum atomic E-state index is 12.7. The van der Waals surface area contributed by atoms with Crippen molar-refractivity contribution in [3.8, 4) is 11.5 Å². The van der Waals surface area contributed by atoms with Crippen LogP contribution in [0.5, 0.6) is 11.5 Å². The minimum Gasteiger partial charge on any atom is -0.485 e. The Kier molecular flexibility index (Phi) is 4.51. The minimum atomic E-state index is -0.820. The second-order valence-corrected chi connectivity index (χ2v) is 5.85. The van der Waals surface area contributed by atoms with Gasteiger partial charge in [-0.2, -0.15) is 0 Å². The van der Waals surface area contributed by atoms with E-state index in [4.69, 9.17) is 14.2 Å². The topological polar surface area (TPSA) is 57.7 Å². The summed E-state index contributed by atoms with van der Waals surface area (Å²) >= 11 is 0. The number of aromatic nitrogens is 1. The maximum Gasteiger partial charge on any atom is 0.351 e. The molecule has 5 nitrogen and oxygen atoms in total. The number of pyridine rings is 1. The van der Waals surface area contributed by atoms with Gasteiger partial charge < -0.3 is 14.2 Å². The molecule has 0 radical (unpaired) electrons. The number of esters is 1. The van der Waals surface area contributed by atoms with Gasteiger partial charge in [0.15, 0.2) is 17.6 Å². The van der Waals surface area contributed by atoms with Gasteiger partial charge in [0.1, 0.15) is 6.61 Å². The molecule has 0 spiro atoms. The molecule has 0 aliphatic carbocycles. The molecule has 2 aromatic carbocycles. The first-order chi connectivity index (χ1) is 12.8. The molecule has 1 aliphatic heterocycles. The molecule has 3 aromatic rings. The fourth-order valence-electron chi connectivity index (χ4n) is 2.79. The number of carbonyl (C=O) groups excluding carboxylic acids is 1. The Bertz CT molecular complexity index is 843. The number of hydrogen-bond acceptors (Lipinski definition) is 5. The van der Waals surface area contributed by atoms with Crippen molar-refractivity contribution in [1.82, 2.24) is 4.98 Å². The highest BCUT2D eigenvalue weighted by atomic mass is 16.6. The molecule has 2 atom stereocenters. The fraction of sp³-hybridized carbons (Fsp3) is 0.143. The molecule has 0 saturated carbocycles. The van der Waals surface area contributed by atoms with Crippen LogP contribution < -0.4 is 9.47 Å². The average Bonchev–Trinajstić information content (AvgIpc) is 2.72. The number of carbonyl (C=O) groups is 1. The van der Waals surface area contributed by atoms with Crippen molar-refractivity contribution in [2.75, 3.05) is 6.61 Å². The molecule has 130 valence electrons. The van der Waals surface area contributed by atoms with Crippen LogP contribution in [0.25, 0.3) is 0 Å². The average molecular weight is 347 g/mol. The summed E-state index contributed by atoms with van der Waals surface area (Å²) in [6, 6.07) is 22.3. The summed E-state index contributed by atoms with van der Waals surface area (Å²) in [5.41, 5.74) is 1.50. The van der Waals surface area contributed by atoms with Crippen LogP contribution in [-0.2, 0) is 9.53 Å². The molecule has 1 aromatic heterocycles. The number of rotatable bonds is 4. The van der Waals surface area contributed by atoms with Crippen molar-refractivity contribution < 1.29 is 19.0 Å². The second-order valence-electron chi connectivity index (χ2n) is 5.85. The molecule has 0 amide bonds. The van der Waals surface area contributed by atoms with Gasteiger partial charge in [0.2, 0.25) is 6.10 Å². The molecule has 4 rings (SSSR count). The van der Waals surface area contributed by atoms with E-state index in [1.165, 1.54) is 0 Å². The standard InChI is InChI=1S/C21H17NO4/c23-21(19-14-24-17-11-4-5-12-18(17)25-19)26-20(15-8-2-1-3-9-15)16-10-6-7-13-22-16/h1-13,19-20H,14H2. The highest BCUT2D eigenvalue weighted by Gasteiger charge is 2.31. The molecule has 0 saturated heterocycles. The van der Waals surface area contributed by atoms with Crippen LogP contribution >= 0.6 is 0 Å². The van der Waals surface area contributed by atoms with Gasteiger partial charge >= 0.3 is 5.97 Å². The van der Waals surface area contributed by atoms with Gasteiger partial charge in [-0.25, -0.2) is 4.79 Å². The summed E-state index contributed by atoms with van der Waals surface area (Å²) in [7, 11) is 0. The van der Waals surface area contributed by atoms with Crippen LogP contribution in [0.2, 0.25) is 0 Å². The van der Waals surface area contributed by atoms with Gasteiger partial charge in [-0.05, 0) is 29.8 Å². The summed E-state index contributed by atoms with van der Waals surface area (Å²) in [5.74, 6) is 0.676. The Morgan fingerprint density at radius 3 is 2.46 bits per heavy atom. The molecular formula is C21H17NO4. The maximum absolute atomic E-state index is 12.7. The monoisotopic (exact) mass is 347 g/mol. The van der Waals surface area contributed by atoms with E-state index < -0.39 is 18.2 Å². The molecule has 2 heterocycles. The van der Waals surface area contributed by atoms with Gasteiger partial charge in [-0.15, -0.1) is 0 Å². The van der Waals surface area contributed by atoms with Gasteiger partial charge in [0.05, 0.1) is 5.69 Å². The lowest BCUT2D eigenvalue weighted by atomic mass is 10.1. The van der Waals surface area contributed by atoms with E-state index in [0.29, 0.717) is 17.2 Å². The highest BCUT2D eigenvalue weighted by molar-refractivity contribution is 5.76. The van der Waals surface area contributed by atoms with Crippen LogP contribution in [0.15, 0.2) is 79.0 Å². The normalized spacial score (nSPS) is 16.5. The summed E-state index contributed by atoms with van der Waals surface area (Å²) in [4.78, 5) is 17.1. The quantitative estimate of drug-likeness (QED) is 0.676. The van der Waals surface area contributed by atoms with Gasteiger partial charge in [0.25, 0.3) is 0 Å². The number of ether oxygens (including phenoxy) is 3. The van der Waals surface area contributed by atoms with Crippen molar-refractivity contribution in [3.63, 3.8) is 0 Å². The lowest BCUT2D eigenvalue weighted by Crippen LogP contribution is -2.38. The van der Waals surface area contributed by atoms with Crippen LogP contribution in [0.1, 0.15) is 17.4 Å². The van der Waals surface area contributed by atoms with E-state index >= 15 is 0 Å². The van der Waals surface area contributed by atoms with Gasteiger partial charge in [0, 0.05) is 6.20 Å². The number of fused-ring (bicyclic) bond motifs is 1. The molecule has 1 aliphatic rings. The van der Waals surface area contributed by atoms with Gasteiger partial charge in [-0.3, -0.25) is 4.98 Å². The van der Waals surface area contributed by atoms with E-state index in [-0.39, 0.29) is 6.61 Å². The Morgan fingerprint density at radius 2 is 1.69 bits per heavy atom. The molecular weight excluding hydrogens is 330 g/mol. The predicted molar refractivity (Wildman–Crippen MR) is 95.0 cm³/mol. The van der Waals surface area contributed by atoms with Crippen molar-refractivity contribution >= 4 is 5.97 Å². The van der Waals surface area contributed by atoms with E-state index in [2.05, 4.69) is 4.98 Å². The third kappa shape index (κ3) is 3.37. The second kappa shape index (κ2) is 7.27. The van der Waals surface area contributed by atoms with Crippen LogP contribution in [0.4, 0.5) is 0 Å². The Morgan fingerprint density at radius 1 is 0.962 bits per heavy atom. The fourth-order valence-corrected chi connectivity index (χ4v) is 2.79. The third-order valence-corrected chi connectivity index (χ3v) is 4.06. The van der Waals surface area contributed by atoms with Crippen molar-refractivity contribution in [2.45, 2.75) is 12.2 Å². The van der Waals surface area contributed by atoms with Crippen molar-refractivity contribution in [2.24, 2.45) is 0 Å². The summed E-state index contributed by atoms with van der Waals surface area (Å²) < 4.78 is 17.1. The van der Waals surface area contributed by atoms with E-state index in [1.807, 2.05) is 60.7 Å². The zero-order chi connectivity index (χ0) is 17.8. The van der Waals surface area contributed by atoms with Crippen molar-refractivity contribution in [3.05, 3.63) is 90.3 Å². The Labute approximate surface area is 151 Å². The summed E-state index contributed by atoms with van der Waals surface area (Å²) in [6.07, 6.45) is 0.251. The molecule has 5 heteroatoms. The number of nitrogens with zero attached hydrogens (tertiary/aromatic N) is 1. The lowest BCUT2D eigenvalue weighted by molar-refractivity contribution is -0.158. The first kappa shape index (κ1) is 16.1. The SMILES string of the molecule is O=C(OC(c1ccccc1)c1ccccn1)C1COc2ccccc2O1. The number of hydrogen-bond donors (Lipinski definition) is 0. The molecule has 26 heavy (non-hydrogen) atoms. The zero-order valence-corrected chi connectivity index (χ0v) is 13.9. The first-order valence-corrected chi connectivity index (χ1v) is 8.36. The molecule has 0 fully saturated rings. The highest BCUT2D eigenvalue weighted by Crippen LogP contribution is 2.32. The summed E-state index contributed by atoms with van der Waals surface area (Å²) in [5, 5.41) is 0. The van der Waals surface area contributed by atoms with Crippen LogP contribution in [0, 0.1) is 0 Å². The van der Waals surface area contributed by atoms with E-state index in [1.54, 1.807) is 18.3 Å². The first-order valence-electron chi connectivity index (χ1n) is 8.36. The molecule has 0 N–H and O–H groups in total. The largest absolute Gasteiger partial charge is 0.485 e. The molecule has 0 bridgehead atoms. The number of benzene rings is 2. The molecule has 2 unspecified atom stereocenters. The van der Waals surface area contributed by atoms with Crippen LogP contribution in [0.3, 0.4) is 0 Å². The van der Waals surface area contributed by atoms with Crippen molar-refractivity contribution in [1.29, 1.82) is 0 Å². The third-order valence-electron chi connectivity index (χ3n) is 4.06. The minimum absolute atomic E-state index is 0.111. The Hall–Kier alpha value is -3.34. The van der Waals surface area contributed by atoms with E-state index in [0.717, 1.165) is 5.56 Å². The zero-order valence-electron chi connectivity index (χ0n) is 13.9. The smallest absolute Gasteiger partial charge is 0.351 e. The lowest BCUT2D eigenvalue weighted by Gasteiger charge is -2.27. The number of para-hydroxylation sites is 2. The van der Waals surface area contributed by atoms with Gasteiger partial charge in [-0.1, -0.05) is 48.5 Å². The van der Waals surface area contributed by atoms with Crippen LogP contribution in [-0.4, -0.2) is 23.7 Å². The Balaban J connectivity index is 1.56.